The second-order valence-electron chi connectivity index (χ2n) is 9.69. The van der Waals surface area contributed by atoms with Gasteiger partial charge in [-0.15, -0.1) is 0 Å². The molecule has 2 aromatic carbocycles. The monoisotopic (exact) mass is 592 g/mol. The van der Waals surface area contributed by atoms with Crippen LogP contribution in [0.25, 0.3) is 0 Å². The standard InChI is InChI=1S/C28H28F4N4O4S/c1-4-40-23(37)8-6-5-7-13-34-24(38)20-12-11-19(15-22(20)29)36-26(41)35(25(39)27(36,2)3)18-10-9-17(16-33)21(14-18)28(30,31)32/h9-12,14-15H,4-8,13H2,1-3H3,(H,34,38). The van der Waals surface area contributed by atoms with E-state index in [0.717, 1.165) is 17.0 Å². The smallest absolute Gasteiger partial charge is 0.417 e. The average Bonchev–Trinajstić information content (AvgIpc) is 3.08. The summed E-state index contributed by atoms with van der Waals surface area (Å²) in [4.78, 5) is 39.4. The zero-order valence-corrected chi connectivity index (χ0v) is 23.4. The van der Waals surface area contributed by atoms with Gasteiger partial charge in [-0.2, -0.15) is 18.4 Å². The molecule has 0 saturated carbocycles. The van der Waals surface area contributed by atoms with Crippen molar-refractivity contribution in [3.63, 3.8) is 0 Å². The van der Waals surface area contributed by atoms with Gasteiger partial charge in [0.25, 0.3) is 11.8 Å². The Bertz CT molecular complexity index is 1400. The summed E-state index contributed by atoms with van der Waals surface area (Å²) >= 11 is 5.45. The molecule has 2 aromatic rings. The molecule has 1 fully saturated rings. The van der Waals surface area contributed by atoms with Crippen LogP contribution in [0.15, 0.2) is 36.4 Å². The van der Waals surface area contributed by atoms with Crippen molar-refractivity contribution in [3.8, 4) is 6.07 Å². The number of thiocarbonyl (C=S) groups is 1. The van der Waals surface area contributed by atoms with Gasteiger partial charge in [0.15, 0.2) is 5.11 Å². The van der Waals surface area contributed by atoms with Gasteiger partial charge in [-0.3, -0.25) is 19.3 Å². The summed E-state index contributed by atoms with van der Waals surface area (Å²) in [6.45, 7) is 5.27. The van der Waals surface area contributed by atoms with Crippen molar-refractivity contribution in [1.29, 1.82) is 5.26 Å². The van der Waals surface area contributed by atoms with Crippen molar-refractivity contribution in [2.24, 2.45) is 0 Å². The molecule has 0 aromatic heterocycles. The Labute approximate surface area is 239 Å². The van der Waals surface area contributed by atoms with Crippen LogP contribution in [-0.4, -0.2) is 41.6 Å². The first-order valence-corrected chi connectivity index (χ1v) is 13.2. The molecule has 0 radical (unpaired) electrons. The van der Waals surface area contributed by atoms with Crippen molar-refractivity contribution in [2.75, 3.05) is 23.0 Å². The van der Waals surface area contributed by atoms with Crippen LogP contribution in [0, 0.1) is 17.1 Å². The van der Waals surface area contributed by atoms with Crippen LogP contribution in [0.4, 0.5) is 28.9 Å². The lowest BCUT2D eigenvalue weighted by molar-refractivity contribution is -0.143. The van der Waals surface area contributed by atoms with E-state index in [1.807, 2.05) is 0 Å². The van der Waals surface area contributed by atoms with Crippen molar-refractivity contribution in [2.45, 2.75) is 58.2 Å². The number of hydrogen-bond donors (Lipinski definition) is 1. The van der Waals surface area contributed by atoms with Crippen LogP contribution >= 0.6 is 12.2 Å². The van der Waals surface area contributed by atoms with E-state index in [4.69, 9.17) is 22.2 Å². The highest BCUT2D eigenvalue weighted by Gasteiger charge is 2.51. The van der Waals surface area contributed by atoms with Crippen LogP contribution in [-0.2, 0) is 20.5 Å². The summed E-state index contributed by atoms with van der Waals surface area (Å²) < 4.78 is 60.5. The Balaban J connectivity index is 1.75. The van der Waals surface area contributed by atoms with E-state index >= 15 is 4.39 Å². The van der Waals surface area contributed by atoms with E-state index in [0.29, 0.717) is 31.9 Å². The highest BCUT2D eigenvalue weighted by atomic mass is 32.1. The number of hydrogen-bond acceptors (Lipinski definition) is 6. The third kappa shape index (κ3) is 6.82. The quantitative estimate of drug-likeness (QED) is 0.169. The van der Waals surface area contributed by atoms with Gasteiger partial charge in [-0.05, 0) is 82.2 Å². The molecular weight excluding hydrogens is 564 g/mol. The highest BCUT2D eigenvalue weighted by molar-refractivity contribution is 7.81. The zero-order valence-electron chi connectivity index (χ0n) is 22.6. The Hall–Kier alpha value is -4.05. The molecule has 0 unspecified atom stereocenters. The Morgan fingerprint density at radius 3 is 2.39 bits per heavy atom. The van der Waals surface area contributed by atoms with Crippen LogP contribution < -0.4 is 15.1 Å². The fraction of sp³-hybridized carbons (Fsp3) is 0.393. The summed E-state index contributed by atoms with van der Waals surface area (Å²) in [5.41, 5.74) is -3.56. The molecule has 3 rings (SSSR count). The molecule has 1 aliphatic heterocycles. The SMILES string of the molecule is CCOC(=O)CCCCCNC(=O)c1ccc(N2C(=S)N(c3ccc(C#N)c(C(F)(F)F)c3)C(=O)C2(C)C)cc1F. The molecule has 0 bridgehead atoms. The number of ether oxygens (including phenoxy) is 1. The number of unbranched alkanes of at least 4 members (excludes halogenated alkanes) is 2. The minimum absolute atomic E-state index is 0.119. The van der Waals surface area contributed by atoms with Gasteiger partial charge >= 0.3 is 12.1 Å². The van der Waals surface area contributed by atoms with E-state index in [2.05, 4.69) is 5.32 Å². The first-order valence-electron chi connectivity index (χ1n) is 12.8. The molecule has 0 spiro atoms. The van der Waals surface area contributed by atoms with Gasteiger partial charge in [0.2, 0.25) is 0 Å². The third-order valence-electron chi connectivity index (χ3n) is 6.46. The maximum atomic E-state index is 15.1. The van der Waals surface area contributed by atoms with E-state index < -0.39 is 40.5 Å². The number of nitriles is 1. The molecule has 2 amide bonds. The molecule has 13 heteroatoms. The molecule has 218 valence electrons. The van der Waals surface area contributed by atoms with Crippen LogP contribution in [0.3, 0.4) is 0 Å². The number of carbonyl (C=O) groups excluding carboxylic acids is 3. The van der Waals surface area contributed by atoms with Crippen LogP contribution in [0.2, 0.25) is 0 Å². The number of nitrogens with one attached hydrogen (secondary N) is 1. The van der Waals surface area contributed by atoms with Crippen molar-refractivity contribution in [1.82, 2.24) is 5.32 Å². The number of benzene rings is 2. The predicted octanol–water partition coefficient (Wildman–Crippen LogP) is 5.49. The number of esters is 1. The lowest BCUT2D eigenvalue weighted by Gasteiger charge is -2.29. The fourth-order valence-corrected chi connectivity index (χ4v) is 4.91. The number of carbonyl (C=O) groups is 3. The van der Waals surface area contributed by atoms with E-state index in [1.54, 1.807) is 6.92 Å². The summed E-state index contributed by atoms with van der Waals surface area (Å²) in [6.07, 6.45) is -2.73. The minimum atomic E-state index is -4.84. The normalized spacial score (nSPS) is 14.7. The van der Waals surface area contributed by atoms with Crippen molar-refractivity contribution >= 4 is 46.5 Å². The lowest BCUT2D eigenvalue weighted by atomic mass is 10.0. The maximum Gasteiger partial charge on any atom is 0.417 e. The third-order valence-corrected chi connectivity index (χ3v) is 6.82. The van der Waals surface area contributed by atoms with Gasteiger partial charge in [0.1, 0.15) is 11.4 Å². The topological polar surface area (TPSA) is 103 Å². The number of amides is 2. The minimum Gasteiger partial charge on any atom is -0.466 e. The Morgan fingerprint density at radius 2 is 1.78 bits per heavy atom. The molecule has 0 atom stereocenters. The highest BCUT2D eigenvalue weighted by Crippen LogP contribution is 2.39. The number of nitrogens with zero attached hydrogens (tertiary/aromatic N) is 3. The average molecular weight is 593 g/mol. The van der Waals surface area contributed by atoms with E-state index in [9.17, 15) is 27.6 Å². The van der Waals surface area contributed by atoms with E-state index in [1.165, 1.54) is 43.0 Å². The molecule has 1 saturated heterocycles. The summed E-state index contributed by atoms with van der Waals surface area (Å²) in [6, 6.07) is 7.95. The van der Waals surface area contributed by atoms with Gasteiger partial charge in [0.05, 0.1) is 35.1 Å². The number of halogens is 4. The lowest BCUT2D eigenvalue weighted by Crippen LogP contribution is -2.44. The Morgan fingerprint density at radius 1 is 1.10 bits per heavy atom. The number of alkyl halides is 3. The molecule has 1 heterocycles. The number of anilines is 2. The number of rotatable bonds is 10. The van der Waals surface area contributed by atoms with Crippen molar-refractivity contribution < 1.29 is 36.7 Å². The van der Waals surface area contributed by atoms with E-state index in [-0.39, 0.29) is 41.0 Å². The fourth-order valence-electron chi connectivity index (χ4n) is 4.39. The van der Waals surface area contributed by atoms with Gasteiger partial charge < -0.3 is 15.0 Å². The second kappa shape index (κ2) is 12.6. The Kier molecular flexibility index (Phi) is 9.70. The van der Waals surface area contributed by atoms with Gasteiger partial charge in [-0.25, -0.2) is 4.39 Å². The molecule has 41 heavy (non-hydrogen) atoms. The summed E-state index contributed by atoms with van der Waals surface area (Å²) in [5, 5.41) is 11.5. The molecule has 1 N–H and O–H groups in total. The van der Waals surface area contributed by atoms with Gasteiger partial charge in [0, 0.05) is 18.7 Å². The molecule has 0 aliphatic carbocycles. The summed E-state index contributed by atoms with van der Waals surface area (Å²) in [5.74, 6) is -2.49. The first kappa shape index (κ1) is 31.5. The summed E-state index contributed by atoms with van der Waals surface area (Å²) in [7, 11) is 0. The first-order chi connectivity index (χ1) is 19.2. The van der Waals surface area contributed by atoms with Crippen LogP contribution in [0.1, 0.15) is 67.9 Å². The second-order valence-corrected chi connectivity index (χ2v) is 10.1. The van der Waals surface area contributed by atoms with Crippen LogP contribution in [0.5, 0.6) is 0 Å². The van der Waals surface area contributed by atoms with Gasteiger partial charge in [-0.1, -0.05) is 6.42 Å². The zero-order chi connectivity index (χ0) is 30.5. The van der Waals surface area contributed by atoms with Crippen molar-refractivity contribution in [3.05, 3.63) is 58.9 Å². The largest absolute Gasteiger partial charge is 0.466 e. The molecule has 1 aliphatic rings. The maximum absolute atomic E-state index is 15.1. The molecular formula is C28H28F4N4O4S. The molecule has 8 nitrogen and oxygen atoms in total. The predicted molar refractivity (Wildman–Crippen MR) is 147 cm³/mol.